The third-order valence-corrected chi connectivity index (χ3v) is 7.63. The highest BCUT2D eigenvalue weighted by molar-refractivity contribution is 7.16. The van der Waals surface area contributed by atoms with Crippen LogP contribution in [0.2, 0.25) is 4.34 Å². The summed E-state index contributed by atoms with van der Waals surface area (Å²) < 4.78 is 7.56. The molecule has 3 aromatic heterocycles. The summed E-state index contributed by atoms with van der Waals surface area (Å²) in [5.74, 6) is -0.100. The smallest absolute Gasteiger partial charge is 0.320 e. The number of ether oxygens (including phenoxy) is 1. The molecule has 0 bridgehead atoms. The van der Waals surface area contributed by atoms with Crippen LogP contribution in [0.1, 0.15) is 32.7 Å². The Morgan fingerprint density at radius 2 is 1.97 bits per heavy atom. The molecule has 11 heteroatoms. The summed E-state index contributed by atoms with van der Waals surface area (Å²) in [6, 6.07) is 5.95. The summed E-state index contributed by atoms with van der Waals surface area (Å²) in [6.45, 7) is 3.66. The van der Waals surface area contributed by atoms with Gasteiger partial charge in [-0.3, -0.25) is 4.79 Å². The molecule has 2 amide bonds. The number of nitrogens with zero attached hydrogens (tertiary/aromatic N) is 5. The Morgan fingerprint density at radius 1 is 1.16 bits per heavy atom. The summed E-state index contributed by atoms with van der Waals surface area (Å²) in [4.78, 5) is 34.7. The van der Waals surface area contributed by atoms with E-state index < -0.39 is 0 Å². The van der Waals surface area contributed by atoms with Crippen molar-refractivity contribution in [3.8, 4) is 0 Å². The normalized spacial score (nSPS) is 16.9. The first kappa shape index (κ1) is 21.6. The number of hydrogen-bond acceptors (Lipinski definition) is 7. The van der Waals surface area contributed by atoms with Gasteiger partial charge in [-0.2, -0.15) is 9.78 Å². The van der Waals surface area contributed by atoms with Crippen LogP contribution in [0, 0.1) is 0 Å². The van der Waals surface area contributed by atoms with E-state index in [0.717, 1.165) is 27.0 Å². The van der Waals surface area contributed by atoms with Crippen LogP contribution in [0.25, 0.3) is 0 Å². The van der Waals surface area contributed by atoms with Crippen LogP contribution >= 0.6 is 34.3 Å². The molecule has 2 fully saturated rings. The molecule has 2 aliphatic rings. The van der Waals surface area contributed by atoms with Gasteiger partial charge in [-0.05, 0) is 31.0 Å². The number of carbonyl (C=O) groups is 2. The van der Waals surface area contributed by atoms with Crippen molar-refractivity contribution in [3.05, 3.63) is 55.4 Å². The second kappa shape index (κ2) is 9.30. The number of amides is 2. The molecule has 2 saturated heterocycles. The van der Waals surface area contributed by atoms with E-state index in [1.165, 1.54) is 16.0 Å². The van der Waals surface area contributed by atoms with Crippen molar-refractivity contribution in [1.82, 2.24) is 24.6 Å². The Balaban J connectivity index is 1.30. The topological polar surface area (TPSA) is 80.6 Å². The van der Waals surface area contributed by atoms with Gasteiger partial charge in [-0.1, -0.05) is 11.6 Å². The van der Waals surface area contributed by atoms with Gasteiger partial charge in [0.05, 0.1) is 28.8 Å². The summed E-state index contributed by atoms with van der Waals surface area (Å²) in [5.41, 5.74) is 3.73. The Labute approximate surface area is 198 Å². The molecular weight excluding hydrogens is 470 g/mol. The molecule has 5 heterocycles. The maximum absolute atomic E-state index is 13.0. The number of thiophene rings is 1. The van der Waals surface area contributed by atoms with Crippen molar-refractivity contribution in [2.75, 3.05) is 39.4 Å². The zero-order valence-electron chi connectivity index (χ0n) is 17.3. The second-order valence-electron chi connectivity index (χ2n) is 7.84. The van der Waals surface area contributed by atoms with Gasteiger partial charge in [0.1, 0.15) is 5.69 Å². The van der Waals surface area contributed by atoms with Gasteiger partial charge in [-0.25, -0.2) is 9.78 Å². The number of likely N-dealkylation sites (tertiary alicyclic amines) is 1. The highest BCUT2D eigenvalue weighted by Crippen LogP contribution is 2.29. The number of halogens is 1. The largest absolute Gasteiger partial charge is 0.378 e. The lowest BCUT2D eigenvalue weighted by Gasteiger charge is -2.42. The standard InChI is InChI=1S/C21H22ClN5O3S2/c22-19-4-3-16(32-19)2-1-15-9-17(24-27(15)20(28)18-12-31-13-23-18)14-10-26(11-14)21(29)25-5-7-30-8-6-25/h3-4,9,12-14H,1-2,5-8,10-11H2. The van der Waals surface area contributed by atoms with Crippen LogP contribution in [0.4, 0.5) is 4.79 Å². The van der Waals surface area contributed by atoms with Crippen LogP contribution in [0.15, 0.2) is 29.1 Å². The van der Waals surface area contributed by atoms with Crippen LogP contribution in [-0.2, 0) is 17.6 Å². The van der Waals surface area contributed by atoms with E-state index in [-0.39, 0.29) is 17.9 Å². The first-order chi connectivity index (χ1) is 15.6. The molecule has 0 atom stereocenters. The van der Waals surface area contributed by atoms with Crippen molar-refractivity contribution in [2.45, 2.75) is 18.8 Å². The van der Waals surface area contributed by atoms with E-state index >= 15 is 0 Å². The summed E-state index contributed by atoms with van der Waals surface area (Å²) in [7, 11) is 0. The number of urea groups is 1. The maximum atomic E-state index is 13.0. The van der Waals surface area contributed by atoms with Gasteiger partial charge in [0, 0.05) is 48.0 Å². The molecule has 0 aliphatic carbocycles. The minimum atomic E-state index is -0.225. The molecule has 0 unspecified atom stereocenters. The number of thiazole rings is 1. The lowest BCUT2D eigenvalue weighted by atomic mass is 9.96. The quantitative estimate of drug-likeness (QED) is 0.546. The van der Waals surface area contributed by atoms with Crippen molar-refractivity contribution in [3.63, 3.8) is 0 Å². The molecule has 32 heavy (non-hydrogen) atoms. The highest BCUT2D eigenvalue weighted by Gasteiger charge is 2.36. The number of carbonyl (C=O) groups excluding carboxylic acids is 2. The predicted octanol–water partition coefficient (Wildman–Crippen LogP) is 3.38. The number of aromatic nitrogens is 3. The van der Waals surface area contributed by atoms with E-state index in [1.807, 2.05) is 28.0 Å². The summed E-state index contributed by atoms with van der Waals surface area (Å²) >= 11 is 8.99. The molecule has 168 valence electrons. The van der Waals surface area contributed by atoms with E-state index in [0.29, 0.717) is 51.5 Å². The average molecular weight is 492 g/mol. The predicted molar refractivity (Wildman–Crippen MR) is 123 cm³/mol. The number of morpholine rings is 1. The van der Waals surface area contributed by atoms with Crippen molar-refractivity contribution in [1.29, 1.82) is 0 Å². The number of hydrogen-bond donors (Lipinski definition) is 0. The van der Waals surface area contributed by atoms with Gasteiger partial charge in [0.2, 0.25) is 0 Å². The van der Waals surface area contributed by atoms with E-state index in [9.17, 15) is 9.59 Å². The average Bonchev–Trinajstić information content (AvgIpc) is 3.53. The van der Waals surface area contributed by atoms with Crippen LogP contribution in [0.5, 0.6) is 0 Å². The Hall–Kier alpha value is -2.27. The molecule has 0 aromatic carbocycles. The molecule has 0 radical (unpaired) electrons. The molecule has 2 aliphatic heterocycles. The van der Waals surface area contributed by atoms with Gasteiger partial charge in [0.15, 0.2) is 0 Å². The van der Waals surface area contributed by atoms with Crippen molar-refractivity contribution >= 4 is 46.2 Å². The van der Waals surface area contributed by atoms with Gasteiger partial charge in [-0.15, -0.1) is 22.7 Å². The molecule has 0 saturated carbocycles. The van der Waals surface area contributed by atoms with Gasteiger partial charge >= 0.3 is 6.03 Å². The Bertz CT molecular complexity index is 1100. The maximum Gasteiger partial charge on any atom is 0.320 e. The Kier molecular flexibility index (Phi) is 6.27. The van der Waals surface area contributed by atoms with Gasteiger partial charge < -0.3 is 14.5 Å². The SMILES string of the molecule is O=C(N1CCOCC1)N1CC(c2cc(CCc3ccc(Cl)s3)n(C(=O)c3cscn3)n2)C1. The zero-order valence-corrected chi connectivity index (χ0v) is 19.7. The van der Waals surface area contributed by atoms with Crippen molar-refractivity contribution in [2.24, 2.45) is 0 Å². The molecule has 3 aromatic rings. The fourth-order valence-corrected chi connectivity index (χ4v) is 5.55. The summed E-state index contributed by atoms with van der Waals surface area (Å²) in [6.07, 6.45) is 1.45. The number of aryl methyl sites for hydroxylation is 2. The molecular formula is C21H22ClN5O3S2. The third-order valence-electron chi connectivity index (χ3n) is 5.75. The fourth-order valence-electron chi connectivity index (χ4n) is 3.93. The third kappa shape index (κ3) is 4.45. The molecule has 0 N–H and O–H groups in total. The van der Waals surface area contributed by atoms with E-state index in [4.69, 9.17) is 16.3 Å². The minimum Gasteiger partial charge on any atom is -0.378 e. The zero-order chi connectivity index (χ0) is 22.1. The molecule has 0 spiro atoms. The first-order valence-corrected chi connectivity index (χ1v) is 12.6. The second-order valence-corrected chi connectivity index (χ2v) is 10.4. The van der Waals surface area contributed by atoms with Crippen LogP contribution in [-0.4, -0.2) is 75.9 Å². The summed E-state index contributed by atoms with van der Waals surface area (Å²) in [5, 5.41) is 6.38. The lowest BCUT2D eigenvalue weighted by molar-refractivity contribution is 0.0346. The first-order valence-electron chi connectivity index (χ1n) is 10.5. The van der Waals surface area contributed by atoms with Crippen LogP contribution in [0.3, 0.4) is 0 Å². The van der Waals surface area contributed by atoms with E-state index in [1.54, 1.807) is 22.2 Å². The number of rotatable bonds is 5. The highest BCUT2D eigenvalue weighted by atomic mass is 35.5. The fraction of sp³-hybridized carbons (Fsp3) is 0.429. The van der Waals surface area contributed by atoms with Crippen molar-refractivity contribution < 1.29 is 14.3 Å². The molecule has 8 nitrogen and oxygen atoms in total. The monoisotopic (exact) mass is 491 g/mol. The molecule has 5 rings (SSSR count). The minimum absolute atomic E-state index is 0.0531. The van der Waals surface area contributed by atoms with Gasteiger partial charge in [0.25, 0.3) is 5.91 Å². The van der Waals surface area contributed by atoms with E-state index in [2.05, 4.69) is 10.1 Å². The Morgan fingerprint density at radius 3 is 2.66 bits per heavy atom. The van der Waals surface area contributed by atoms with Crippen LogP contribution < -0.4 is 0 Å². The lowest BCUT2D eigenvalue weighted by Crippen LogP contribution is -2.56.